The highest BCUT2D eigenvalue weighted by Crippen LogP contribution is 2.38. The summed E-state index contributed by atoms with van der Waals surface area (Å²) in [6, 6.07) is 4.17. The highest BCUT2D eigenvalue weighted by Gasteiger charge is 2.36. The second-order valence-electron chi connectivity index (χ2n) is 6.75. The van der Waals surface area contributed by atoms with E-state index in [0.29, 0.717) is 17.5 Å². The van der Waals surface area contributed by atoms with E-state index >= 15 is 0 Å². The molecule has 1 aliphatic carbocycles. The minimum Gasteiger partial charge on any atom is -0.450 e. The summed E-state index contributed by atoms with van der Waals surface area (Å²) in [4.78, 5) is 4.55. The first kappa shape index (κ1) is 14.5. The molecule has 2 heterocycles. The van der Waals surface area contributed by atoms with Gasteiger partial charge in [-0.1, -0.05) is 30.1 Å². The standard InChI is InChI=1S/C18H21N3O2/c1-10-6-7-11(2)14-13(10)12(3)15(22-14)16-20-17(21-23-16)18(19)8-4-5-9-18/h6-7H,4-5,8-9,19H2,1-3H3. The summed E-state index contributed by atoms with van der Waals surface area (Å²) in [5.41, 5.74) is 10.2. The van der Waals surface area contributed by atoms with E-state index in [1.54, 1.807) is 0 Å². The van der Waals surface area contributed by atoms with Gasteiger partial charge in [-0.3, -0.25) is 0 Å². The second kappa shape index (κ2) is 4.93. The summed E-state index contributed by atoms with van der Waals surface area (Å²) >= 11 is 0. The van der Waals surface area contributed by atoms with E-state index in [1.807, 2.05) is 13.8 Å². The van der Waals surface area contributed by atoms with Crippen molar-refractivity contribution >= 4 is 11.0 Å². The fourth-order valence-electron chi connectivity index (χ4n) is 3.63. The van der Waals surface area contributed by atoms with Crippen molar-refractivity contribution in [3.63, 3.8) is 0 Å². The van der Waals surface area contributed by atoms with Crippen molar-refractivity contribution in [2.75, 3.05) is 0 Å². The third-order valence-corrected chi connectivity index (χ3v) is 5.04. The Morgan fingerprint density at radius 3 is 2.48 bits per heavy atom. The molecular formula is C18H21N3O2. The number of aryl methyl sites for hydroxylation is 3. The zero-order valence-electron chi connectivity index (χ0n) is 13.8. The Balaban J connectivity index is 1.84. The normalized spacial score (nSPS) is 17.2. The average Bonchev–Trinajstić information content (AvgIpc) is 3.22. The van der Waals surface area contributed by atoms with Gasteiger partial charge in [0, 0.05) is 10.9 Å². The van der Waals surface area contributed by atoms with Crippen LogP contribution in [0.2, 0.25) is 0 Å². The SMILES string of the molecule is Cc1ccc(C)c2c(C)c(-c3nc(C4(N)CCCC4)no3)oc12. The summed E-state index contributed by atoms with van der Waals surface area (Å²) < 4.78 is 11.6. The molecule has 1 fully saturated rings. The molecule has 2 N–H and O–H groups in total. The van der Waals surface area contributed by atoms with Crippen LogP contribution in [0.5, 0.6) is 0 Å². The number of furan rings is 1. The lowest BCUT2D eigenvalue weighted by Gasteiger charge is -2.17. The third kappa shape index (κ3) is 2.10. The fraction of sp³-hybridized carbons (Fsp3) is 0.444. The predicted octanol–water partition coefficient (Wildman–Crippen LogP) is 4.14. The maximum absolute atomic E-state index is 6.42. The van der Waals surface area contributed by atoms with E-state index < -0.39 is 5.54 Å². The molecule has 23 heavy (non-hydrogen) atoms. The number of fused-ring (bicyclic) bond motifs is 1. The van der Waals surface area contributed by atoms with Gasteiger partial charge in [0.05, 0.1) is 5.54 Å². The highest BCUT2D eigenvalue weighted by atomic mass is 16.5. The van der Waals surface area contributed by atoms with Gasteiger partial charge >= 0.3 is 0 Å². The van der Waals surface area contributed by atoms with Gasteiger partial charge in [0.1, 0.15) is 5.58 Å². The number of benzene rings is 1. The smallest absolute Gasteiger partial charge is 0.294 e. The Morgan fingerprint density at radius 2 is 1.78 bits per heavy atom. The zero-order valence-corrected chi connectivity index (χ0v) is 13.8. The molecule has 120 valence electrons. The monoisotopic (exact) mass is 311 g/mol. The summed E-state index contributed by atoms with van der Waals surface area (Å²) in [5, 5.41) is 5.26. The molecule has 0 unspecified atom stereocenters. The van der Waals surface area contributed by atoms with Crippen LogP contribution in [-0.4, -0.2) is 10.1 Å². The lowest BCUT2D eigenvalue weighted by Crippen LogP contribution is -2.34. The van der Waals surface area contributed by atoms with Crippen LogP contribution in [0.3, 0.4) is 0 Å². The summed E-state index contributed by atoms with van der Waals surface area (Å²) in [6.07, 6.45) is 4.04. The summed E-state index contributed by atoms with van der Waals surface area (Å²) in [6.45, 7) is 6.16. The van der Waals surface area contributed by atoms with E-state index in [9.17, 15) is 0 Å². The maximum atomic E-state index is 6.42. The molecule has 0 spiro atoms. The molecule has 5 heteroatoms. The molecule has 1 aromatic carbocycles. The van der Waals surface area contributed by atoms with Crippen LogP contribution in [0, 0.1) is 20.8 Å². The van der Waals surface area contributed by atoms with Crippen molar-refractivity contribution in [1.29, 1.82) is 0 Å². The fourth-order valence-corrected chi connectivity index (χ4v) is 3.63. The van der Waals surface area contributed by atoms with Crippen LogP contribution >= 0.6 is 0 Å². The third-order valence-electron chi connectivity index (χ3n) is 5.04. The molecule has 0 radical (unpaired) electrons. The molecule has 4 rings (SSSR count). The van der Waals surface area contributed by atoms with Crippen LogP contribution in [0.4, 0.5) is 0 Å². The number of rotatable bonds is 2. The quantitative estimate of drug-likeness (QED) is 0.769. The molecule has 3 aromatic rings. The van der Waals surface area contributed by atoms with Crippen molar-refractivity contribution in [2.45, 2.75) is 52.0 Å². The van der Waals surface area contributed by atoms with Crippen molar-refractivity contribution in [2.24, 2.45) is 5.73 Å². The molecule has 0 aliphatic heterocycles. The first-order chi connectivity index (χ1) is 11.0. The minimum absolute atomic E-state index is 0.421. The first-order valence-electron chi connectivity index (χ1n) is 8.12. The zero-order chi connectivity index (χ0) is 16.2. The van der Waals surface area contributed by atoms with Crippen molar-refractivity contribution in [3.8, 4) is 11.7 Å². The van der Waals surface area contributed by atoms with Gasteiger partial charge in [-0.05, 0) is 44.7 Å². The number of nitrogens with two attached hydrogens (primary N) is 1. The van der Waals surface area contributed by atoms with Gasteiger partial charge in [0.25, 0.3) is 5.89 Å². The number of hydrogen-bond acceptors (Lipinski definition) is 5. The lowest BCUT2D eigenvalue weighted by molar-refractivity contribution is 0.369. The van der Waals surface area contributed by atoms with Gasteiger partial charge < -0.3 is 14.7 Å². The molecule has 1 saturated carbocycles. The average molecular weight is 311 g/mol. The Kier molecular flexibility index (Phi) is 3.10. The maximum Gasteiger partial charge on any atom is 0.294 e. The van der Waals surface area contributed by atoms with Crippen LogP contribution in [-0.2, 0) is 5.54 Å². The molecule has 0 bridgehead atoms. The van der Waals surface area contributed by atoms with Gasteiger partial charge in [-0.15, -0.1) is 0 Å². The number of aromatic nitrogens is 2. The molecule has 0 atom stereocenters. The Labute approximate surface area is 134 Å². The van der Waals surface area contributed by atoms with Crippen molar-refractivity contribution < 1.29 is 8.94 Å². The van der Waals surface area contributed by atoms with Crippen molar-refractivity contribution in [3.05, 3.63) is 34.6 Å². The minimum atomic E-state index is -0.451. The van der Waals surface area contributed by atoms with Gasteiger partial charge in [0.15, 0.2) is 11.6 Å². The van der Waals surface area contributed by atoms with E-state index in [-0.39, 0.29) is 0 Å². The largest absolute Gasteiger partial charge is 0.450 e. The molecular weight excluding hydrogens is 290 g/mol. The van der Waals surface area contributed by atoms with E-state index in [2.05, 4.69) is 29.2 Å². The first-order valence-corrected chi connectivity index (χ1v) is 8.12. The Morgan fingerprint density at radius 1 is 1.09 bits per heavy atom. The molecule has 2 aromatic heterocycles. The molecule has 1 aliphatic rings. The van der Waals surface area contributed by atoms with E-state index in [0.717, 1.165) is 47.8 Å². The molecule has 0 amide bonds. The Bertz CT molecular complexity index is 885. The van der Waals surface area contributed by atoms with Gasteiger partial charge in [0.2, 0.25) is 0 Å². The highest BCUT2D eigenvalue weighted by molar-refractivity contribution is 5.91. The lowest BCUT2D eigenvalue weighted by atomic mass is 9.99. The van der Waals surface area contributed by atoms with Crippen LogP contribution in [0.15, 0.2) is 21.1 Å². The van der Waals surface area contributed by atoms with Gasteiger partial charge in [-0.25, -0.2) is 0 Å². The second-order valence-corrected chi connectivity index (χ2v) is 6.75. The summed E-state index contributed by atoms with van der Waals surface area (Å²) in [5.74, 6) is 1.67. The molecule has 0 saturated heterocycles. The number of hydrogen-bond donors (Lipinski definition) is 1. The van der Waals surface area contributed by atoms with Crippen LogP contribution < -0.4 is 5.73 Å². The van der Waals surface area contributed by atoms with E-state index in [4.69, 9.17) is 14.7 Å². The van der Waals surface area contributed by atoms with E-state index in [1.165, 1.54) is 5.56 Å². The van der Waals surface area contributed by atoms with Gasteiger partial charge in [-0.2, -0.15) is 4.98 Å². The van der Waals surface area contributed by atoms with Crippen molar-refractivity contribution in [1.82, 2.24) is 10.1 Å². The predicted molar refractivity (Wildman–Crippen MR) is 88.1 cm³/mol. The van der Waals surface area contributed by atoms with Crippen LogP contribution in [0.1, 0.15) is 48.2 Å². The topological polar surface area (TPSA) is 78.1 Å². The number of nitrogens with zero attached hydrogens (tertiary/aromatic N) is 2. The van der Waals surface area contributed by atoms with Crippen LogP contribution in [0.25, 0.3) is 22.6 Å². The molecule has 5 nitrogen and oxygen atoms in total. The summed E-state index contributed by atoms with van der Waals surface area (Å²) in [7, 11) is 0. The Hall–Kier alpha value is -2.14.